The van der Waals surface area contributed by atoms with E-state index in [0.717, 1.165) is 21.7 Å². The lowest BCUT2D eigenvalue weighted by Gasteiger charge is -2.36. The Labute approximate surface area is 213 Å². The Morgan fingerprint density at radius 3 is 1.67 bits per heavy atom. The predicted octanol–water partition coefficient (Wildman–Crippen LogP) is 5.25. The molecule has 1 aliphatic heterocycles. The number of carbonyl (C=O) groups excluding carboxylic acids is 1. The van der Waals surface area contributed by atoms with Crippen LogP contribution < -0.4 is 5.73 Å². The molecule has 6 heteroatoms. The Bertz CT molecular complexity index is 1340. The van der Waals surface area contributed by atoms with Crippen molar-refractivity contribution in [2.75, 3.05) is 5.75 Å². The number of hydrogen-bond acceptors (Lipinski definition) is 5. The van der Waals surface area contributed by atoms with E-state index in [1.165, 1.54) is 17.8 Å². The summed E-state index contributed by atoms with van der Waals surface area (Å²) in [5.41, 5.74) is 8.43. The van der Waals surface area contributed by atoms with Gasteiger partial charge in [-0.1, -0.05) is 115 Å². The Morgan fingerprint density at radius 2 is 1.19 bits per heavy atom. The molecule has 0 amide bonds. The quantitative estimate of drug-likeness (QED) is 0.209. The van der Waals surface area contributed by atoms with E-state index in [9.17, 15) is 14.7 Å². The van der Waals surface area contributed by atoms with E-state index in [0.29, 0.717) is 11.3 Å². The topological polar surface area (TPSA) is 92.8 Å². The van der Waals surface area contributed by atoms with E-state index in [-0.39, 0.29) is 5.56 Å². The van der Waals surface area contributed by atoms with Gasteiger partial charge in [-0.2, -0.15) is 0 Å². The first kappa shape index (κ1) is 23.7. The number of benzene rings is 4. The maximum absolute atomic E-state index is 12.5. The fourth-order valence-electron chi connectivity index (χ4n) is 4.86. The van der Waals surface area contributed by atoms with E-state index in [4.69, 9.17) is 10.7 Å². The van der Waals surface area contributed by atoms with Gasteiger partial charge in [0.05, 0.1) is 10.5 Å². The summed E-state index contributed by atoms with van der Waals surface area (Å²) in [7, 11) is 0. The number of carbonyl (C=O) groups is 2. The Balaban J connectivity index is 1.78. The molecule has 1 unspecified atom stereocenters. The summed E-state index contributed by atoms with van der Waals surface area (Å²) < 4.78 is 0. The highest BCUT2D eigenvalue weighted by Crippen LogP contribution is 2.48. The third-order valence-electron chi connectivity index (χ3n) is 6.50. The van der Waals surface area contributed by atoms with Crippen LogP contribution in [0.25, 0.3) is 0 Å². The Kier molecular flexibility index (Phi) is 6.31. The van der Waals surface area contributed by atoms with Gasteiger partial charge in [-0.25, -0.2) is 4.79 Å². The first-order valence-electron chi connectivity index (χ1n) is 11.5. The van der Waals surface area contributed by atoms with Crippen LogP contribution in [0.2, 0.25) is 0 Å². The number of thioether (sulfide) groups is 1. The van der Waals surface area contributed by atoms with E-state index >= 15 is 0 Å². The van der Waals surface area contributed by atoms with Crippen molar-refractivity contribution >= 4 is 28.6 Å². The van der Waals surface area contributed by atoms with Crippen LogP contribution in [-0.2, 0) is 15.9 Å². The fourth-order valence-corrected chi connectivity index (χ4v) is 6.24. The van der Waals surface area contributed by atoms with E-state index in [2.05, 4.69) is 36.4 Å². The van der Waals surface area contributed by atoms with Gasteiger partial charge in [0.2, 0.25) is 0 Å². The number of hydrogen-bond donors (Lipinski definition) is 2. The molecule has 0 aromatic heterocycles. The number of ketones is 1. The van der Waals surface area contributed by atoms with Crippen LogP contribution in [-0.4, -0.2) is 27.7 Å². The van der Waals surface area contributed by atoms with E-state index in [1.807, 2.05) is 54.6 Å². The highest BCUT2D eigenvalue weighted by molar-refractivity contribution is 8.14. The summed E-state index contributed by atoms with van der Waals surface area (Å²) in [6.45, 7) is 0. The number of Topliss-reactive ketones (excluding diaryl/α,β-unsaturated/α-hetero) is 1. The summed E-state index contributed by atoms with van der Waals surface area (Å²) in [5, 5.41) is 10.2. The maximum atomic E-state index is 12.5. The summed E-state index contributed by atoms with van der Waals surface area (Å²) >= 11 is 1.53. The second-order valence-corrected chi connectivity index (χ2v) is 9.62. The maximum Gasteiger partial charge on any atom is 0.377 e. The number of aliphatic carboxylic acids is 1. The smallest absolute Gasteiger partial charge is 0.377 e. The van der Waals surface area contributed by atoms with Gasteiger partial charge in [0.1, 0.15) is 5.66 Å². The lowest BCUT2D eigenvalue weighted by molar-refractivity contribution is -0.131. The SMILES string of the molecule is NC1(c2ccccc2C(=O)C(=O)O)CSC(C(c2ccccc2)(c2ccccc2)c2ccccc2)=N1. The number of nitrogens with zero attached hydrogens (tertiary/aromatic N) is 1. The zero-order chi connectivity index (χ0) is 25.2. The molecule has 178 valence electrons. The van der Waals surface area contributed by atoms with Crippen LogP contribution >= 0.6 is 11.8 Å². The summed E-state index contributed by atoms with van der Waals surface area (Å²) in [4.78, 5) is 29.1. The average Bonchev–Trinajstić information content (AvgIpc) is 3.33. The number of nitrogens with two attached hydrogens (primary N) is 1. The van der Waals surface area contributed by atoms with Crippen LogP contribution in [0.4, 0.5) is 0 Å². The molecule has 0 aliphatic carbocycles. The summed E-state index contributed by atoms with van der Waals surface area (Å²) in [6.07, 6.45) is 0. The molecular formula is C30H24N2O3S. The molecule has 5 nitrogen and oxygen atoms in total. The van der Waals surface area contributed by atoms with Crippen molar-refractivity contribution in [3.05, 3.63) is 143 Å². The molecule has 3 N–H and O–H groups in total. The van der Waals surface area contributed by atoms with E-state index in [1.54, 1.807) is 18.2 Å². The standard InChI is InChI=1S/C30H24N2O3S/c31-29(25-19-11-10-18-24(25)26(33)27(34)35)20-36-28(32-29)30(21-12-4-1-5-13-21,22-14-6-2-7-15-22)23-16-8-3-9-17-23/h1-19H,20,31H2,(H,34,35). The van der Waals surface area contributed by atoms with Gasteiger partial charge >= 0.3 is 5.97 Å². The van der Waals surface area contributed by atoms with Gasteiger partial charge < -0.3 is 10.8 Å². The van der Waals surface area contributed by atoms with Crippen molar-refractivity contribution in [1.82, 2.24) is 0 Å². The van der Waals surface area contributed by atoms with Crippen LogP contribution in [0.1, 0.15) is 32.6 Å². The molecule has 4 aromatic rings. The first-order valence-corrected chi connectivity index (χ1v) is 12.5. The molecule has 4 aromatic carbocycles. The van der Waals surface area contributed by atoms with Gasteiger partial charge in [0.15, 0.2) is 0 Å². The molecule has 36 heavy (non-hydrogen) atoms. The second-order valence-electron chi connectivity index (χ2n) is 8.66. The van der Waals surface area contributed by atoms with Gasteiger partial charge in [0, 0.05) is 16.9 Å². The molecule has 0 saturated heterocycles. The molecule has 0 spiro atoms. The molecule has 0 saturated carbocycles. The van der Waals surface area contributed by atoms with Crippen LogP contribution in [0, 0.1) is 0 Å². The lowest BCUT2D eigenvalue weighted by Crippen LogP contribution is -2.39. The minimum Gasteiger partial charge on any atom is -0.475 e. The number of aliphatic imine (C=N–C) groups is 1. The van der Waals surface area contributed by atoms with Crippen molar-refractivity contribution in [2.24, 2.45) is 10.7 Å². The monoisotopic (exact) mass is 492 g/mol. The highest BCUT2D eigenvalue weighted by Gasteiger charge is 2.48. The molecular weight excluding hydrogens is 468 g/mol. The van der Waals surface area contributed by atoms with Crippen LogP contribution in [0.15, 0.2) is 120 Å². The minimum atomic E-state index is -1.52. The van der Waals surface area contributed by atoms with Crippen molar-refractivity contribution < 1.29 is 14.7 Å². The Morgan fingerprint density at radius 1 is 0.750 bits per heavy atom. The molecule has 0 fully saturated rings. The number of carboxylic acids is 1. The largest absolute Gasteiger partial charge is 0.475 e. The van der Waals surface area contributed by atoms with Gasteiger partial charge in [-0.15, -0.1) is 11.8 Å². The van der Waals surface area contributed by atoms with Gasteiger partial charge in [0.25, 0.3) is 5.78 Å². The minimum absolute atomic E-state index is 0.0582. The highest BCUT2D eigenvalue weighted by atomic mass is 32.2. The van der Waals surface area contributed by atoms with Crippen molar-refractivity contribution in [1.29, 1.82) is 0 Å². The first-order chi connectivity index (χ1) is 17.5. The second kappa shape index (κ2) is 9.57. The molecule has 1 heterocycles. The number of carboxylic acid groups (broad SMARTS) is 1. The van der Waals surface area contributed by atoms with Gasteiger partial charge in [-0.05, 0) is 16.7 Å². The van der Waals surface area contributed by atoms with Crippen molar-refractivity contribution in [2.45, 2.75) is 11.1 Å². The third kappa shape index (κ3) is 3.94. The van der Waals surface area contributed by atoms with E-state index < -0.39 is 22.8 Å². The average molecular weight is 493 g/mol. The van der Waals surface area contributed by atoms with Crippen molar-refractivity contribution in [3.63, 3.8) is 0 Å². The van der Waals surface area contributed by atoms with Gasteiger partial charge in [-0.3, -0.25) is 9.79 Å². The number of rotatable bonds is 7. The normalized spacial score (nSPS) is 17.4. The lowest BCUT2D eigenvalue weighted by atomic mass is 9.70. The fraction of sp³-hybridized carbons (Fsp3) is 0.100. The third-order valence-corrected chi connectivity index (χ3v) is 7.76. The molecule has 5 rings (SSSR count). The Hall–Kier alpha value is -4.00. The van der Waals surface area contributed by atoms with Crippen LogP contribution in [0.3, 0.4) is 0 Å². The molecule has 0 radical (unpaired) electrons. The zero-order valence-corrected chi connectivity index (χ0v) is 20.2. The summed E-state index contributed by atoms with van der Waals surface area (Å²) in [5.74, 6) is -2.15. The predicted molar refractivity (Wildman–Crippen MR) is 143 cm³/mol. The molecule has 1 atom stereocenters. The molecule has 0 bridgehead atoms. The molecule has 1 aliphatic rings. The zero-order valence-electron chi connectivity index (χ0n) is 19.4. The summed E-state index contributed by atoms with van der Waals surface area (Å²) in [6, 6.07) is 37.1. The van der Waals surface area contributed by atoms with Crippen molar-refractivity contribution in [3.8, 4) is 0 Å². The van der Waals surface area contributed by atoms with Crippen LogP contribution in [0.5, 0.6) is 0 Å².